The second kappa shape index (κ2) is 6.12. The molecule has 19 heavy (non-hydrogen) atoms. The number of rotatable bonds is 4. The van der Waals surface area contributed by atoms with Crippen LogP contribution in [0.2, 0.25) is 0 Å². The van der Waals surface area contributed by atoms with Crippen molar-refractivity contribution in [1.29, 1.82) is 0 Å². The Morgan fingerprint density at radius 1 is 1.00 bits per heavy atom. The molecule has 0 aliphatic heterocycles. The van der Waals surface area contributed by atoms with E-state index in [0.717, 1.165) is 0 Å². The number of halogens is 3. The Balaban J connectivity index is 2.14. The zero-order chi connectivity index (χ0) is 13.8. The zero-order valence-corrected chi connectivity index (χ0v) is 11.6. The van der Waals surface area contributed by atoms with Gasteiger partial charge in [-0.3, -0.25) is 0 Å². The summed E-state index contributed by atoms with van der Waals surface area (Å²) in [5.41, 5.74) is 6.82. The van der Waals surface area contributed by atoms with Crippen molar-refractivity contribution in [3.63, 3.8) is 0 Å². The predicted octanol–water partition coefficient (Wildman–Crippen LogP) is 3.77. The van der Waals surface area contributed by atoms with E-state index in [1.54, 1.807) is 12.1 Å². The molecular weight excluding hydrogens is 316 g/mol. The first-order valence-electron chi connectivity index (χ1n) is 5.65. The minimum Gasteiger partial charge on any atom is -0.488 e. The Hall–Kier alpha value is -1.46. The van der Waals surface area contributed by atoms with E-state index in [9.17, 15) is 8.78 Å². The van der Waals surface area contributed by atoms with Crippen LogP contribution in [-0.2, 0) is 13.2 Å². The van der Waals surface area contributed by atoms with Crippen molar-refractivity contribution in [3.8, 4) is 5.75 Å². The first-order valence-corrected chi connectivity index (χ1v) is 6.44. The molecule has 2 rings (SSSR count). The summed E-state index contributed by atoms with van der Waals surface area (Å²) in [6.07, 6.45) is 0. The van der Waals surface area contributed by atoms with Gasteiger partial charge in [-0.1, -0.05) is 6.07 Å². The molecule has 0 spiro atoms. The van der Waals surface area contributed by atoms with Gasteiger partial charge >= 0.3 is 0 Å². The van der Waals surface area contributed by atoms with Gasteiger partial charge < -0.3 is 10.5 Å². The molecule has 0 atom stereocenters. The fourth-order valence-corrected chi connectivity index (χ4v) is 2.03. The van der Waals surface area contributed by atoms with Gasteiger partial charge in [-0.15, -0.1) is 0 Å². The monoisotopic (exact) mass is 327 g/mol. The first kappa shape index (κ1) is 14.0. The first-order chi connectivity index (χ1) is 9.08. The SMILES string of the molecule is NCc1cc(F)cc(COc2cc(F)ccc2Br)c1. The molecule has 0 saturated heterocycles. The van der Waals surface area contributed by atoms with E-state index in [0.29, 0.717) is 21.3 Å². The molecule has 2 nitrogen and oxygen atoms in total. The fourth-order valence-electron chi connectivity index (χ4n) is 1.67. The Morgan fingerprint density at radius 3 is 2.47 bits per heavy atom. The Kier molecular flexibility index (Phi) is 4.50. The van der Waals surface area contributed by atoms with Crippen LogP contribution in [0.15, 0.2) is 40.9 Å². The lowest BCUT2D eigenvalue weighted by Crippen LogP contribution is -2.01. The van der Waals surface area contributed by atoms with Crippen LogP contribution in [0.3, 0.4) is 0 Å². The number of nitrogens with two attached hydrogens (primary N) is 1. The van der Waals surface area contributed by atoms with E-state index >= 15 is 0 Å². The molecule has 0 aromatic heterocycles. The maximum Gasteiger partial charge on any atom is 0.136 e. The molecule has 2 aromatic rings. The molecule has 0 amide bonds. The average molecular weight is 328 g/mol. The fraction of sp³-hybridized carbons (Fsp3) is 0.143. The van der Waals surface area contributed by atoms with Crippen LogP contribution < -0.4 is 10.5 Å². The molecule has 0 fully saturated rings. The van der Waals surface area contributed by atoms with Crippen molar-refractivity contribution in [3.05, 3.63) is 63.6 Å². The topological polar surface area (TPSA) is 35.2 Å². The van der Waals surface area contributed by atoms with Crippen LogP contribution in [-0.4, -0.2) is 0 Å². The van der Waals surface area contributed by atoms with E-state index in [4.69, 9.17) is 10.5 Å². The van der Waals surface area contributed by atoms with Crippen molar-refractivity contribution in [1.82, 2.24) is 0 Å². The average Bonchev–Trinajstić information content (AvgIpc) is 2.39. The summed E-state index contributed by atoms with van der Waals surface area (Å²) in [6.45, 7) is 0.404. The Bertz CT molecular complexity index is 590. The number of hydrogen-bond donors (Lipinski definition) is 1. The summed E-state index contributed by atoms with van der Waals surface area (Å²) >= 11 is 3.26. The van der Waals surface area contributed by atoms with Crippen LogP contribution >= 0.6 is 15.9 Å². The summed E-state index contributed by atoms with van der Waals surface area (Å²) in [5, 5.41) is 0. The van der Waals surface area contributed by atoms with Crippen LogP contribution in [0.5, 0.6) is 5.75 Å². The van der Waals surface area contributed by atoms with Crippen LogP contribution in [0, 0.1) is 11.6 Å². The summed E-state index contributed by atoms with van der Waals surface area (Å²) < 4.78 is 32.5. The van der Waals surface area contributed by atoms with E-state index in [1.165, 1.54) is 24.3 Å². The van der Waals surface area contributed by atoms with Gasteiger partial charge in [0, 0.05) is 12.6 Å². The second-order valence-electron chi connectivity index (χ2n) is 4.04. The molecule has 0 aliphatic rings. The van der Waals surface area contributed by atoms with E-state index < -0.39 is 0 Å². The molecular formula is C14H12BrF2NO. The smallest absolute Gasteiger partial charge is 0.136 e. The number of benzene rings is 2. The minimum absolute atomic E-state index is 0.146. The van der Waals surface area contributed by atoms with Gasteiger partial charge in [0.15, 0.2) is 0 Å². The zero-order valence-electron chi connectivity index (χ0n) is 10.00. The molecule has 100 valence electrons. The summed E-state index contributed by atoms with van der Waals surface area (Å²) in [5.74, 6) is -0.376. The maximum atomic E-state index is 13.3. The van der Waals surface area contributed by atoms with Crippen LogP contribution in [0.25, 0.3) is 0 Å². The highest BCUT2D eigenvalue weighted by Gasteiger charge is 2.05. The second-order valence-corrected chi connectivity index (χ2v) is 4.89. The molecule has 5 heteroatoms. The van der Waals surface area contributed by atoms with Gasteiger partial charge in [-0.2, -0.15) is 0 Å². The normalized spacial score (nSPS) is 10.5. The van der Waals surface area contributed by atoms with E-state index in [1.807, 2.05) is 0 Å². The molecule has 0 bridgehead atoms. The largest absolute Gasteiger partial charge is 0.488 e. The summed E-state index contributed by atoms with van der Waals surface area (Å²) in [4.78, 5) is 0. The van der Waals surface area contributed by atoms with Crippen molar-refractivity contribution >= 4 is 15.9 Å². The highest BCUT2D eigenvalue weighted by molar-refractivity contribution is 9.10. The molecule has 0 heterocycles. The molecule has 0 radical (unpaired) electrons. The molecule has 0 aliphatic carbocycles. The number of ether oxygens (including phenoxy) is 1. The van der Waals surface area contributed by atoms with Crippen molar-refractivity contribution in [2.45, 2.75) is 13.2 Å². The highest BCUT2D eigenvalue weighted by Crippen LogP contribution is 2.26. The summed E-state index contributed by atoms with van der Waals surface area (Å²) in [6, 6.07) is 8.66. The maximum absolute atomic E-state index is 13.3. The minimum atomic E-state index is -0.389. The summed E-state index contributed by atoms with van der Waals surface area (Å²) in [7, 11) is 0. The lowest BCUT2D eigenvalue weighted by atomic mass is 10.1. The highest BCUT2D eigenvalue weighted by atomic mass is 79.9. The third kappa shape index (κ3) is 3.75. The van der Waals surface area contributed by atoms with Crippen molar-refractivity contribution in [2.75, 3.05) is 0 Å². The Morgan fingerprint density at radius 2 is 1.74 bits per heavy atom. The van der Waals surface area contributed by atoms with E-state index in [2.05, 4.69) is 15.9 Å². The molecule has 2 N–H and O–H groups in total. The van der Waals surface area contributed by atoms with Gasteiger partial charge in [0.25, 0.3) is 0 Å². The Labute approximate surface area is 118 Å². The van der Waals surface area contributed by atoms with Gasteiger partial charge in [0.1, 0.15) is 24.0 Å². The van der Waals surface area contributed by atoms with Crippen LogP contribution in [0.1, 0.15) is 11.1 Å². The van der Waals surface area contributed by atoms with Gasteiger partial charge in [0.05, 0.1) is 4.47 Å². The van der Waals surface area contributed by atoms with Gasteiger partial charge in [-0.25, -0.2) is 8.78 Å². The van der Waals surface area contributed by atoms with Gasteiger partial charge in [0.2, 0.25) is 0 Å². The number of hydrogen-bond acceptors (Lipinski definition) is 2. The quantitative estimate of drug-likeness (QED) is 0.927. The lowest BCUT2D eigenvalue weighted by molar-refractivity contribution is 0.302. The third-order valence-electron chi connectivity index (χ3n) is 2.54. The van der Waals surface area contributed by atoms with Gasteiger partial charge in [-0.05, 0) is 51.3 Å². The van der Waals surface area contributed by atoms with E-state index in [-0.39, 0.29) is 24.8 Å². The van der Waals surface area contributed by atoms with Crippen molar-refractivity contribution in [2.24, 2.45) is 5.73 Å². The van der Waals surface area contributed by atoms with Crippen LogP contribution in [0.4, 0.5) is 8.78 Å². The molecule has 0 unspecified atom stereocenters. The molecule has 2 aromatic carbocycles. The predicted molar refractivity (Wildman–Crippen MR) is 72.7 cm³/mol. The van der Waals surface area contributed by atoms with Crippen molar-refractivity contribution < 1.29 is 13.5 Å². The molecule has 0 saturated carbocycles. The lowest BCUT2D eigenvalue weighted by Gasteiger charge is -2.09. The standard InChI is InChI=1S/C14H12BrF2NO/c15-13-2-1-11(16)6-14(13)19-8-10-3-9(7-18)4-12(17)5-10/h1-6H,7-8,18H2. The third-order valence-corrected chi connectivity index (χ3v) is 3.20.